The Labute approximate surface area is 203 Å². The normalized spacial score (nSPS) is 10.7. The van der Waals surface area contributed by atoms with Crippen LogP contribution in [-0.2, 0) is 17.1 Å². The molecule has 1 heterocycles. The van der Waals surface area contributed by atoms with Gasteiger partial charge in [-0.1, -0.05) is 5.92 Å². The van der Waals surface area contributed by atoms with Crippen LogP contribution >= 0.6 is 0 Å². The zero-order valence-corrected chi connectivity index (χ0v) is 20.8. The number of sulfonamides is 1. The average Bonchev–Trinajstić information content (AvgIpc) is 3.01. The van der Waals surface area contributed by atoms with Gasteiger partial charge in [0, 0.05) is 25.0 Å². The van der Waals surface area contributed by atoms with Crippen molar-refractivity contribution in [3.8, 4) is 17.6 Å². The Bertz CT molecular complexity index is 1290. The summed E-state index contributed by atoms with van der Waals surface area (Å²) >= 11 is 0. The summed E-state index contributed by atoms with van der Waals surface area (Å²) in [7, 11) is -1.06. The molecule has 0 fully saturated rings. The van der Waals surface area contributed by atoms with E-state index < -0.39 is 16.0 Å². The Morgan fingerprint density at radius 2 is 1.87 bits per heavy atom. The Hall–Kier alpha value is -2.51. The maximum Gasteiger partial charge on any atom is 1.00 e. The third-order valence-corrected chi connectivity index (χ3v) is 6.44. The topological polar surface area (TPSA) is 105 Å². The standard InChI is InChI=1S/C21H21N3O5S.Na/c1-5-6-13-29-15-7-9-16(10-8-15)30(27,28)24(4)20-17(21(25)26)11-12-18-19(20)14(2)22-23(18)3;/h7-12H,13H2,1-4H3,(H,25,26);/q;+1/p-1. The molecule has 0 amide bonds. The average molecular weight is 449 g/mol. The van der Waals surface area contributed by atoms with E-state index >= 15 is 0 Å². The van der Waals surface area contributed by atoms with Crippen LogP contribution in [0.25, 0.3) is 10.9 Å². The summed E-state index contributed by atoms with van der Waals surface area (Å²) < 4.78 is 34.5. The minimum absolute atomic E-state index is 0. The maximum atomic E-state index is 13.3. The van der Waals surface area contributed by atoms with Gasteiger partial charge in [0.15, 0.2) is 0 Å². The Morgan fingerprint density at radius 3 is 2.45 bits per heavy atom. The van der Waals surface area contributed by atoms with Crippen LogP contribution in [0, 0.1) is 18.8 Å². The summed E-state index contributed by atoms with van der Waals surface area (Å²) in [6.45, 7) is 3.58. The van der Waals surface area contributed by atoms with Crippen molar-refractivity contribution in [3.63, 3.8) is 0 Å². The van der Waals surface area contributed by atoms with Crippen LogP contribution < -0.4 is 43.7 Å². The van der Waals surface area contributed by atoms with Crippen LogP contribution in [0.2, 0.25) is 0 Å². The number of aromatic nitrogens is 2. The molecular weight excluding hydrogens is 429 g/mol. The molecule has 8 nitrogen and oxygen atoms in total. The zero-order valence-electron chi connectivity index (χ0n) is 18.0. The minimum Gasteiger partial charge on any atom is -0.545 e. The summed E-state index contributed by atoms with van der Waals surface area (Å²) in [6, 6.07) is 8.74. The van der Waals surface area contributed by atoms with Crippen molar-refractivity contribution in [1.29, 1.82) is 0 Å². The molecule has 0 radical (unpaired) electrons. The van der Waals surface area contributed by atoms with Crippen LogP contribution in [0.15, 0.2) is 41.3 Å². The molecule has 0 bridgehead atoms. The molecule has 0 atom stereocenters. The van der Waals surface area contributed by atoms with Gasteiger partial charge in [-0.25, -0.2) is 8.42 Å². The predicted molar refractivity (Wildman–Crippen MR) is 111 cm³/mol. The van der Waals surface area contributed by atoms with Crippen LogP contribution in [0.3, 0.4) is 0 Å². The third-order valence-electron chi connectivity index (χ3n) is 4.67. The molecule has 0 saturated carbocycles. The van der Waals surface area contributed by atoms with E-state index in [-0.39, 0.29) is 52.3 Å². The maximum absolute atomic E-state index is 13.3. The fourth-order valence-corrected chi connectivity index (χ4v) is 4.43. The van der Waals surface area contributed by atoms with Gasteiger partial charge in [0.2, 0.25) is 0 Å². The van der Waals surface area contributed by atoms with Gasteiger partial charge < -0.3 is 14.6 Å². The summed E-state index contributed by atoms with van der Waals surface area (Å²) in [5.41, 5.74) is 0.892. The molecule has 3 aromatic rings. The second-order valence-corrected chi connectivity index (χ2v) is 8.48. The van der Waals surface area contributed by atoms with Gasteiger partial charge in [-0.05, 0) is 50.2 Å². The van der Waals surface area contributed by atoms with Crippen molar-refractivity contribution >= 4 is 32.6 Å². The molecule has 0 aliphatic carbocycles. The van der Waals surface area contributed by atoms with E-state index in [1.54, 1.807) is 31.6 Å². The number of benzene rings is 2. The largest absolute Gasteiger partial charge is 1.00 e. The summed E-state index contributed by atoms with van der Waals surface area (Å²) in [6.07, 6.45) is 0. The SMILES string of the molecule is CC#CCOc1ccc(S(=O)(=O)N(C)c2c(C(=O)[O-])ccc3c2c(C)nn3C)cc1.[Na+]. The number of carboxylic acid groups (broad SMARTS) is 1. The zero-order chi connectivity index (χ0) is 22.1. The Kier molecular flexibility index (Phi) is 7.78. The molecule has 0 N–H and O–H groups in total. The fourth-order valence-electron chi connectivity index (χ4n) is 3.21. The quantitative estimate of drug-likeness (QED) is 0.334. The number of fused-ring (bicyclic) bond motifs is 1. The summed E-state index contributed by atoms with van der Waals surface area (Å²) in [5.74, 6) is 4.46. The monoisotopic (exact) mass is 449 g/mol. The van der Waals surface area contributed by atoms with Gasteiger partial charge in [-0.15, -0.1) is 5.92 Å². The molecule has 2 aromatic carbocycles. The van der Waals surface area contributed by atoms with Gasteiger partial charge in [-0.3, -0.25) is 8.99 Å². The van der Waals surface area contributed by atoms with Gasteiger partial charge in [0.25, 0.3) is 10.0 Å². The number of aryl methyl sites for hydroxylation is 2. The number of carboxylic acids is 1. The van der Waals surface area contributed by atoms with Crippen LogP contribution in [0.1, 0.15) is 23.0 Å². The molecule has 0 aliphatic rings. The number of ether oxygens (including phenoxy) is 1. The van der Waals surface area contributed by atoms with Crippen LogP contribution in [0.4, 0.5) is 5.69 Å². The number of hydrogen-bond donors (Lipinski definition) is 0. The van der Waals surface area contributed by atoms with Gasteiger partial charge in [0.05, 0.1) is 27.8 Å². The van der Waals surface area contributed by atoms with Gasteiger partial charge in [-0.2, -0.15) is 5.10 Å². The van der Waals surface area contributed by atoms with Crippen molar-refractivity contribution in [3.05, 3.63) is 47.7 Å². The van der Waals surface area contributed by atoms with Crippen LogP contribution in [-0.4, -0.2) is 37.8 Å². The summed E-state index contributed by atoms with van der Waals surface area (Å²) in [5, 5.41) is 16.5. The second kappa shape index (κ2) is 9.75. The first-order valence-corrected chi connectivity index (χ1v) is 10.4. The van der Waals surface area contributed by atoms with Gasteiger partial charge in [0.1, 0.15) is 12.4 Å². The van der Waals surface area contributed by atoms with E-state index in [2.05, 4.69) is 16.9 Å². The number of aromatic carboxylic acids is 1. The number of rotatable bonds is 6. The smallest absolute Gasteiger partial charge is 0.545 e. The Morgan fingerprint density at radius 1 is 1.23 bits per heavy atom. The molecular formula is C21H20N3NaO5S. The van der Waals surface area contributed by atoms with Crippen LogP contribution in [0.5, 0.6) is 5.75 Å². The van der Waals surface area contributed by atoms with E-state index in [0.717, 1.165) is 4.31 Å². The van der Waals surface area contributed by atoms with E-state index in [4.69, 9.17) is 4.74 Å². The summed E-state index contributed by atoms with van der Waals surface area (Å²) in [4.78, 5) is 11.7. The first-order chi connectivity index (χ1) is 14.2. The number of anilines is 1. The molecule has 31 heavy (non-hydrogen) atoms. The second-order valence-electron chi connectivity index (χ2n) is 6.51. The first-order valence-electron chi connectivity index (χ1n) is 8.97. The first kappa shape index (κ1) is 24.8. The van der Waals surface area contributed by atoms with E-state index in [0.29, 0.717) is 22.3 Å². The van der Waals surface area contributed by atoms with Crippen molar-refractivity contribution in [1.82, 2.24) is 9.78 Å². The van der Waals surface area contributed by atoms with Crippen molar-refractivity contribution in [2.24, 2.45) is 7.05 Å². The third kappa shape index (κ3) is 4.72. The predicted octanol–water partition coefficient (Wildman–Crippen LogP) is -1.52. The fraction of sp³-hybridized carbons (Fsp3) is 0.238. The van der Waals surface area contributed by atoms with E-state index in [1.165, 1.54) is 37.4 Å². The number of carbonyl (C=O) groups excluding carboxylic acids is 1. The Balaban J connectivity index is 0.00000341. The number of carbonyl (C=O) groups is 1. The molecule has 0 saturated heterocycles. The molecule has 1 aromatic heterocycles. The van der Waals surface area contributed by atoms with Crippen molar-refractivity contribution in [2.75, 3.05) is 18.0 Å². The van der Waals surface area contributed by atoms with Crippen molar-refractivity contribution in [2.45, 2.75) is 18.7 Å². The molecule has 156 valence electrons. The van der Waals surface area contributed by atoms with E-state index in [1.807, 2.05) is 0 Å². The number of nitrogens with zero attached hydrogens (tertiary/aromatic N) is 3. The van der Waals surface area contributed by atoms with Crippen molar-refractivity contribution < 1.29 is 52.6 Å². The van der Waals surface area contributed by atoms with Gasteiger partial charge >= 0.3 is 29.6 Å². The number of hydrogen-bond acceptors (Lipinski definition) is 6. The molecule has 0 unspecified atom stereocenters. The molecule has 10 heteroatoms. The van der Waals surface area contributed by atoms with E-state index in [9.17, 15) is 18.3 Å². The molecule has 0 aliphatic heterocycles. The molecule has 0 spiro atoms. The molecule has 3 rings (SSSR count). The minimum atomic E-state index is -4.07.